The highest BCUT2D eigenvalue weighted by Gasteiger charge is 2.17. The molecule has 0 fully saturated rings. The van der Waals surface area contributed by atoms with Crippen molar-refractivity contribution in [3.8, 4) is 5.75 Å². The predicted octanol–water partition coefficient (Wildman–Crippen LogP) is -0.434. The Morgan fingerprint density at radius 3 is 2.33 bits per heavy atom. The monoisotopic (exact) mass is 256 g/mol. The summed E-state index contributed by atoms with van der Waals surface area (Å²) in [7, 11) is 1.51. The Morgan fingerprint density at radius 2 is 1.83 bits per heavy atom. The smallest absolute Gasteiger partial charge is 0.338 e. The van der Waals surface area contributed by atoms with Gasteiger partial charge in [0.1, 0.15) is 24.6 Å². The van der Waals surface area contributed by atoms with E-state index in [2.05, 4.69) is 0 Å². The summed E-state index contributed by atoms with van der Waals surface area (Å²) < 4.78 is 9.73. The summed E-state index contributed by atoms with van der Waals surface area (Å²) in [5.41, 5.74) is 0.307. The first-order valence-corrected chi connectivity index (χ1v) is 5.36. The number of carbonyl (C=O) groups excluding carboxylic acids is 1. The van der Waals surface area contributed by atoms with E-state index in [-0.39, 0.29) is 6.61 Å². The van der Waals surface area contributed by atoms with E-state index in [1.54, 1.807) is 12.1 Å². The third-order valence-electron chi connectivity index (χ3n) is 2.34. The summed E-state index contributed by atoms with van der Waals surface area (Å²) in [5, 5.41) is 26.9. The van der Waals surface area contributed by atoms with Crippen molar-refractivity contribution in [3.05, 3.63) is 29.8 Å². The second kappa shape index (κ2) is 6.95. The molecule has 0 bridgehead atoms. The zero-order valence-corrected chi connectivity index (χ0v) is 9.94. The molecule has 6 heteroatoms. The number of carbonyl (C=O) groups is 1. The van der Waals surface area contributed by atoms with Crippen LogP contribution in [-0.2, 0) is 4.74 Å². The average molecular weight is 256 g/mol. The molecular formula is C12H16O6. The Bertz CT molecular complexity index is 375. The minimum Gasteiger partial charge on any atom is -0.497 e. The zero-order chi connectivity index (χ0) is 13.5. The number of aliphatic hydroxyl groups is 3. The van der Waals surface area contributed by atoms with Crippen LogP contribution >= 0.6 is 0 Å². The van der Waals surface area contributed by atoms with Crippen LogP contribution in [0.25, 0.3) is 0 Å². The molecule has 0 saturated heterocycles. The van der Waals surface area contributed by atoms with Gasteiger partial charge in [-0.3, -0.25) is 0 Å². The molecule has 0 radical (unpaired) electrons. The van der Waals surface area contributed by atoms with Crippen LogP contribution in [0.5, 0.6) is 5.75 Å². The van der Waals surface area contributed by atoms with Gasteiger partial charge in [0, 0.05) is 0 Å². The fraction of sp³-hybridized carbons (Fsp3) is 0.417. The van der Waals surface area contributed by atoms with E-state index < -0.39 is 24.8 Å². The number of hydrogen-bond donors (Lipinski definition) is 3. The van der Waals surface area contributed by atoms with Gasteiger partial charge < -0.3 is 24.8 Å². The highest BCUT2D eigenvalue weighted by atomic mass is 16.5. The predicted molar refractivity (Wildman–Crippen MR) is 62.4 cm³/mol. The molecule has 0 saturated carbocycles. The molecule has 3 N–H and O–H groups in total. The molecule has 0 heterocycles. The Labute approximate surface area is 104 Å². The van der Waals surface area contributed by atoms with Crippen molar-refractivity contribution in [3.63, 3.8) is 0 Å². The van der Waals surface area contributed by atoms with E-state index in [1.807, 2.05) is 0 Å². The molecule has 0 aliphatic carbocycles. The van der Waals surface area contributed by atoms with Gasteiger partial charge in [0.2, 0.25) is 0 Å². The first-order valence-electron chi connectivity index (χ1n) is 5.36. The van der Waals surface area contributed by atoms with E-state index in [0.29, 0.717) is 11.3 Å². The summed E-state index contributed by atoms with van der Waals surface area (Å²) in [6.07, 6.45) is -2.63. The van der Waals surface area contributed by atoms with Crippen LogP contribution in [0.4, 0.5) is 0 Å². The maximum absolute atomic E-state index is 11.5. The molecule has 0 aliphatic rings. The number of hydrogen-bond acceptors (Lipinski definition) is 6. The van der Waals surface area contributed by atoms with Crippen molar-refractivity contribution >= 4 is 5.97 Å². The van der Waals surface area contributed by atoms with Crippen LogP contribution in [0.15, 0.2) is 24.3 Å². The molecular weight excluding hydrogens is 240 g/mol. The van der Waals surface area contributed by atoms with Crippen LogP contribution in [0, 0.1) is 0 Å². The Morgan fingerprint density at radius 1 is 1.22 bits per heavy atom. The quantitative estimate of drug-likeness (QED) is 0.597. The zero-order valence-electron chi connectivity index (χ0n) is 9.94. The van der Waals surface area contributed by atoms with Crippen molar-refractivity contribution in [2.75, 3.05) is 20.3 Å². The highest BCUT2D eigenvalue weighted by molar-refractivity contribution is 5.89. The van der Waals surface area contributed by atoms with E-state index in [4.69, 9.17) is 19.7 Å². The Hall–Kier alpha value is -1.63. The van der Waals surface area contributed by atoms with Crippen molar-refractivity contribution < 1.29 is 29.6 Å². The normalized spacial score (nSPS) is 13.8. The highest BCUT2D eigenvalue weighted by Crippen LogP contribution is 2.12. The lowest BCUT2D eigenvalue weighted by atomic mass is 10.2. The van der Waals surface area contributed by atoms with E-state index in [9.17, 15) is 9.90 Å². The first kappa shape index (κ1) is 14.4. The van der Waals surface area contributed by atoms with Gasteiger partial charge in [0.15, 0.2) is 0 Å². The third kappa shape index (κ3) is 3.99. The number of esters is 1. The van der Waals surface area contributed by atoms with E-state index in [0.717, 1.165) is 0 Å². The minimum absolute atomic E-state index is 0.307. The van der Waals surface area contributed by atoms with E-state index in [1.165, 1.54) is 19.2 Å². The molecule has 0 aromatic heterocycles. The van der Waals surface area contributed by atoms with Crippen LogP contribution in [-0.4, -0.2) is 53.8 Å². The van der Waals surface area contributed by atoms with Gasteiger partial charge in [0.05, 0.1) is 19.3 Å². The Kier molecular flexibility index (Phi) is 5.57. The summed E-state index contributed by atoms with van der Waals surface area (Å²) >= 11 is 0. The molecule has 0 amide bonds. The van der Waals surface area contributed by atoms with E-state index >= 15 is 0 Å². The van der Waals surface area contributed by atoms with Crippen molar-refractivity contribution in [2.24, 2.45) is 0 Å². The number of aliphatic hydroxyl groups excluding tert-OH is 3. The molecule has 2 atom stereocenters. The van der Waals surface area contributed by atoms with Gasteiger partial charge in [-0.15, -0.1) is 0 Å². The number of rotatable bonds is 6. The Balaban J connectivity index is 2.49. The first-order chi connectivity index (χ1) is 8.58. The number of ether oxygens (including phenoxy) is 2. The largest absolute Gasteiger partial charge is 0.497 e. The fourth-order valence-electron chi connectivity index (χ4n) is 1.20. The molecule has 1 aromatic rings. The van der Waals surface area contributed by atoms with Crippen LogP contribution in [0.3, 0.4) is 0 Å². The summed E-state index contributed by atoms with van der Waals surface area (Å²) in [4.78, 5) is 11.5. The van der Waals surface area contributed by atoms with Crippen LogP contribution in [0.2, 0.25) is 0 Å². The van der Waals surface area contributed by atoms with Gasteiger partial charge in [-0.2, -0.15) is 0 Å². The summed E-state index contributed by atoms with van der Waals surface area (Å²) in [5.74, 6) is -0.0101. The number of methoxy groups -OCH3 is 1. The maximum Gasteiger partial charge on any atom is 0.338 e. The SMILES string of the molecule is COc1ccc(C(=O)OC[C@@H](O)C(O)CO)cc1. The van der Waals surface area contributed by atoms with Gasteiger partial charge in [-0.25, -0.2) is 4.79 Å². The molecule has 6 nitrogen and oxygen atoms in total. The lowest BCUT2D eigenvalue weighted by molar-refractivity contribution is -0.0467. The summed E-state index contributed by atoms with van der Waals surface area (Å²) in [6.45, 7) is -0.978. The van der Waals surface area contributed by atoms with Gasteiger partial charge in [-0.05, 0) is 24.3 Å². The molecule has 0 aliphatic heterocycles. The van der Waals surface area contributed by atoms with Crippen molar-refractivity contribution in [2.45, 2.75) is 12.2 Å². The van der Waals surface area contributed by atoms with Crippen LogP contribution < -0.4 is 4.74 Å². The molecule has 1 rings (SSSR count). The van der Waals surface area contributed by atoms with Crippen molar-refractivity contribution in [1.29, 1.82) is 0 Å². The van der Waals surface area contributed by atoms with Gasteiger partial charge >= 0.3 is 5.97 Å². The lowest BCUT2D eigenvalue weighted by Crippen LogP contribution is -2.34. The number of benzene rings is 1. The minimum atomic E-state index is -1.33. The van der Waals surface area contributed by atoms with Crippen molar-refractivity contribution in [1.82, 2.24) is 0 Å². The molecule has 100 valence electrons. The second-order valence-corrected chi connectivity index (χ2v) is 3.64. The third-order valence-corrected chi connectivity index (χ3v) is 2.34. The topological polar surface area (TPSA) is 96.2 Å². The standard InChI is InChI=1S/C12H16O6/c1-17-9-4-2-8(3-5-9)12(16)18-7-11(15)10(14)6-13/h2-5,10-11,13-15H,6-7H2,1H3/t10?,11-/m1/s1. The molecule has 1 unspecified atom stereocenters. The molecule has 1 aromatic carbocycles. The molecule has 18 heavy (non-hydrogen) atoms. The lowest BCUT2D eigenvalue weighted by Gasteiger charge is -2.15. The molecule has 0 spiro atoms. The fourth-order valence-corrected chi connectivity index (χ4v) is 1.20. The average Bonchev–Trinajstić information content (AvgIpc) is 2.43. The maximum atomic E-state index is 11.5. The van der Waals surface area contributed by atoms with Crippen LogP contribution in [0.1, 0.15) is 10.4 Å². The van der Waals surface area contributed by atoms with Gasteiger partial charge in [-0.1, -0.05) is 0 Å². The van der Waals surface area contributed by atoms with Gasteiger partial charge in [0.25, 0.3) is 0 Å². The summed E-state index contributed by atoms with van der Waals surface area (Å²) in [6, 6.07) is 6.26. The second-order valence-electron chi connectivity index (χ2n) is 3.64.